The first kappa shape index (κ1) is 12.3. The van der Waals surface area contributed by atoms with E-state index in [1.807, 2.05) is 0 Å². The minimum absolute atomic E-state index is 0.0190. The fourth-order valence-corrected chi connectivity index (χ4v) is 1.96. The second kappa shape index (κ2) is 5.48. The fourth-order valence-electron chi connectivity index (χ4n) is 1.96. The summed E-state index contributed by atoms with van der Waals surface area (Å²) in [6.45, 7) is 1.65. The maximum atomic E-state index is 11.8. The summed E-state index contributed by atoms with van der Waals surface area (Å²) in [5.74, 6) is -0.841. The number of nitrogens with zero attached hydrogens (tertiary/aromatic N) is 2. The molecular formula is C12H15N3O3. The fraction of sp³-hybridized carbons (Fsp3) is 0.417. The van der Waals surface area contributed by atoms with Crippen molar-refractivity contribution in [2.75, 3.05) is 25.0 Å². The lowest BCUT2D eigenvalue weighted by Crippen LogP contribution is -2.33. The Kier molecular flexibility index (Phi) is 3.76. The highest BCUT2D eigenvalue weighted by Gasteiger charge is 2.18. The Labute approximate surface area is 105 Å². The third kappa shape index (κ3) is 2.77. The zero-order valence-corrected chi connectivity index (χ0v) is 9.93. The van der Waals surface area contributed by atoms with Crippen LogP contribution >= 0.6 is 0 Å². The molecule has 2 rings (SSSR count). The monoisotopic (exact) mass is 249 g/mol. The lowest BCUT2D eigenvalue weighted by molar-refractivity contribution is -0.128. The molecule has 0 radical (unpaired) electrons. The van der Waals surface area contributed by atoms with Crippen molar-refractivity contribution in [3.63, 3.8) is 0 Å². The number of aromatic carboxylic acids is 1. The van der Waals surface area contributed by atoms with Crippen LogP contribution < -0.4 is 5.32 Å². The van der Waals surface area contributed by atoms with E-state index in [2.05, 4.69) is 10.3 Å². The van der Waals surface area contributed by atoms with Crippen LogP contribution in [0.1, 0.15) is 23.2 Å². The highest BCUT2D eigenvalue weighted by Crippen LogP contribution is 2.12. The van der Waals surface area contributed by atoms with Crippen LogP contribution in [-0.4, -0.2) is 46.5 Å². The molecule has 1 amide bonds. The Hall–Kier alpha value is -2.11. The van der Waals surface area contributed by atoms with Crippen LogP contribution in [0.15, 0.2) is 18.3 Å². The molecule has 0 unspecified atom stereocenters. The first-order valence-corrected chi connectivity index (χ1v) is 5.88. The Morgan fingerprint density at radius 3 is 2.78 bits per heavy atom. The first-order chi connectivity index (χ1) is 8.68. The van der Waals surface area contributed by atoms with Crippen molar-refractivity contribution in [1.82, 2.24) is 9.88 Å². The second-order valence-electron chi connectivity index (χ2n) is 4.15. The molecule has 1 fully saturated rings. The number of hydrogen-bond donors (Lipinski definition) is 2. The van der Waals surface area contributed by atoms with Gasteiger partial charge in [0.15, 0.2) is 0 Å². The summed E-state index contributed by atoms with van der Waals surface area (Å²) < 4.78 is 0. The van der Waals surface area contributed by atoms with Crippen LogP contribution in [0.25, 0.3) is 0 Å². The number of carboxylic acids is 1. The van der Waals surface area contributed by atoms with Crippen molar-refractivity contribution in [3.05, 3.63) is 23.9 Å². The van der Waals surface area contributed by atoms with Crippen LogP contribution in [-0.2, 0) is 4.79 Å². The molecule has 0 aliphatic carbocycles. The summed E-state index contributed by atoms with van der Waals surface area (Å²) >= 11 is 0. The Balaban J connectivity index is 1.97. The summed E-state index contributed by atoms with van der Waals surface area (Å²) in [5, 5.41) is 11.8. The topological polar surface area (TPSA) is 82.5 Å². The highest BCUT2D eigenvalue weighted by molar-refractivity contribution is 5.93. The lowest BCUT2D eigenvalue weighted by Gasteiger charge is -2.16. The number of amides is 1. The quantitative estimate of drug-likeness (QED) is 0.825. The molecule has 0 spiro atoms. The predicted molar refractivity (Wildman–Crippen MR) is 65.5 cm³/mol. The van der Waals surface area contributed by atoms with Crippen LogP contribution in [0.3, 0.4) is 0 Å². The van der Waals surface area contributed by atoms with Crippen LogP contribution in [0.2, 0.25) is 0 Å². The average molecular weight is 249 g/mol. The summed E-state index contributed by atoms with van der Waals surface area (Å²) in [4.78, 5) is 28.4. The molecule has 1 aromatic rings. The van der Waals surface area contributed by atoms with Crippen LogP contribution in [0.4, 0.5) is 5.82 Å². The molecule has 2 N–H and O–H groups in total. The van der Waals surface area contributed by atoms with Gasteiger partial charge in [-0.2, -0.15) is 0 Å². The maximum absolute atomic E-state index is 11.8. The summed E-state index contributed by atoms with van der Waals surface area (Å²) in [6.07, 6.45) is 3.57. The molecule has 1 aliphatic heterocycles. The van der Waals surface area contributed by atoms with Crippen molar-refractivity contribution in [2.24, 2.45) is 0 Å². The van der Waals surface area contributed by atoms with E-state index in [0.717, 1.165) is 25.9 Å². The molecule has 0 atom stereocenters. The minimum Gasteiger partial charge on any atom is -0.478 e. The van der Waals surface area contributed by atoms with Gasteiger partial charge in [0, 0.05) is 19.3 Å². The number of carbonyl (C=O) groups is 2. The molecule has 18 heavy (non-hydrogen) atoms. The van der Waals surface area contributed by atoms with E-state index >= 15 is 0 Å². The van der Waals surface area contributed by atoms with Crippen molar-refractivity contribution >= 4 is 17.7 Å². The smallest absolute Gasteiger partial charge is 0.339 e. The van der Waals surface area contributed by atoms with Crippen LogP contribution in [0, 0.1) is 0 Å². The van der Waals surface area contributed by atoms with E-state index in [1.165, 1.54) is 12.3 Å². The summed E-state index contributed by atoms with van der Waals surface area (Å²) in [5.41, 5.74) is 0.0757. The van der Waals surface area contributed by atoms with Gasteiger partial charge in [0.1, 0.15) is 11.4 Å². The molecule has 2 heterocycles. The number of carboxylic acid groups (broad SMARTS) is 1. The van der Waals surface area contributed by atoms with Gasteiger partial charge in [-0.1, -0.05) is 0 Å². The van der Waals surface area contributed by atoms with E-state index in [-0.39, 0.29) is 23.8 Å². The van der Waals surface area contributed by atoms with Gasteiger partial charge in [-0.25, -0.2) is 9.78 Å². The molecule has 1 aliphatic rings. The number of aromatic nitrogens is 1. The lowest BCUT2D eigenvalue weighted by atomic mass is 10.2. The zero-order valence-electron chi connectivity index (χ0n) is 9.93. The van der Waals surface area contributed by atoms with E-state index in [1.54, 1.807) is 11.0 Å². The first-order valence-electron chi connectivity index (χ1n) is 5.88. The largest absolute Gasteiger partial charge is 0.478 e. The number of pyridine rings is 1. The van der Waals surface area contributed by atoms with Gasteiger partial charge in [-0.05, 0) is 25.0 Å². The van der Waals surface area contributed by atoms with Crippen molar-refractivity contribution in [3.8, 4) is 0 Å². The predicted octanol–water partition coefficient (Wildman–Crippen LogP) is 0.814. The molecule has 1 aromatic heterocycles. The molecule has 6 heteroatoms. The average Bonchev–Trinajstić information content (AvgIpc) is 2.90. The third-order valence-corrected chi connectivity index (χ3v) is 2.90. The van der Waals surface area contributed by atoms with Gasteiger partial charge in [0.25, 0.3) is 0 Å². The SMILES string of the molecule is O=C(O)c1cccnc1NCC(=O)N1CCCC1. The van der Waals surface area contributed by atoms with Gasteiger partial charge < -0.3 is 15.3 Å². The van der Waals surface area contributed by atoms with E-state index < -0.39 is 5.97 Å². The number of rotatable bonds is 4. The van der Waals surface area contributed by atoms with E-state index in [9.17, 15) is 9.59 Å². The third-order valence-electron chi connectivity index (χ3n) is 2.90. The van der Waals surface area contributed by atoms with Gasteiger partial charge in [0.05, 0.1) is 6.54 Å². The Morgan fingerprint density at radius 2 is 2.11 bits per heavy atom. The van der Waals surface area contributed by atoms with Gasteiger partial charge in [-0.3, -0.25) is 4.79 Å². The zero-order chi connectivity index (χ0) is 13.0. The Morgan fingerprint density at radius 1 is 1.39 bits per heavy atom. The number of anilines is 1. The molecule has 0 saturated carbocycles. The normalized spacial score (nSPS) is 14.6. The van der Waals surface area contributed by atoms with Crippen molar-refractivity contribution in [2.45, 2.75) is 12.8 Å². The molecule has 0 bridgehead atoms. The van der Waals surface area contributed by atoms with Gasteiger partial charge >= 0.3 is 5.97 Å². The number of likely N-dealkylation sites (tertiary alicyclic amines) is 1. The minimum atomic E-state index is -1.06. The highest BCUT2D eigenvalue weighted by atomic mass is 16.4. The Bertz CT molecular complexity index is 456. The van der Waals surface area contributed by atoms with Gasteiger partial charge in [-0.15, -0.1) is 0 Å². The van der Waals surface area contributed by atoms with Crippen molar-refractivity contribution < 1.29 is 14.7 Å². The van der Waals surface area contributed by atoms with E-state index in [4.69, 9.17) is 5.11 Å². The number of hydrogen-bond acceptors (Lipinski definition) is 4. The van der Waals surface area contributed by atoms with Crippen LogP contribution in [0.5, 0.6) is 0 Å². The maximum Gasteiger partial charge on any atom is 0.339 e. The summed E-state index contributed by atoms with van der Waals surface area (Å²) in [6, 6.07) is 3.01. The second-order valence-corrected chi connectivity index (χ2v) is 4.15. The molecular weight excluding hydrogens is 234 g/mol. The molecule has 0 aromatic carbocycles. The number of nitrogens with one attached hydrogen (secondary N) is 1. The standard InChI is InChI=1S/C12H15N3O3/c16-10(15-6-1-2-7-15)8-14-11-9(12(17)18)4-3-5-13-11/h3-5H,1-2,6-8H2,(H,13,14)(H,17,18). The van der Waals surface area contributed by atoms with E-state index in [0.29, 0.717) is 0 Å². The molecule has 1 saturated heterocycles. The van der Waals surface area contributed by atoms with Crippen molar-refractivity contribution in [1.29, 1.82) is 0 Å². The molecule has 6 nitrogen and oxygen atoms in total. The molecule has 96 valence electrons. The number of carbonyl (C=O) groups excluding carboxylic acids is 1. The van der Waals surface area contributed by atoms with Gasteiger partial charge in [0.2, 0.25) is 5.91 Å². The summed E-state index contributed by atoms with van der Waals surface area (Å²) in [7, 11) is 0.